The van der Waals surface area contributed by atoms with Gasteiger partial charge in [-0.2, -0.15) is 52.7 Å². The number of hydrogen-bond acceptors (Lipinski definition) is 4. The molecule has 0 aliphatic heterocycles. The summed E-state index contributed by atoms with van der Waals surface area (Å²) in [6.07, 6.45) is -26.0. The van der Waals surface area contributed by atoms with E-state index in [-0.39, 0.29) is 12.1 Å². The van der Waals surface area contributed by atoms with Crippen LogP contribution < -0.4 is 11.5 Å². The summed E-state index contributed by atoms with van der Waals surface area (Å²) in [6.45, 7) is 0. The van der Waals surface area contributed by atoms with Gasteiger partial charge in [-0.25, -0.2) is 0 Å². The molecule has 0 amide bonds. The summed E-state index contributed by atoms with van der Waals surface area (Å²) in [6, 6.07) is 3.61. The van der Waals surface area contributed by atoms with Crippen molar-refractivity contribution in [3.8, 4) is 0 Å². The van der Waals surface area contributed by atoms with E-state index in [1.807, 2.05) is 0 Å². The third-order valence-corrected chi connectivity index (χ3v) is 5.66. The van der Waals surface area contributed by atoms with E-state index in [0.29, 0.717) is 0 Å². The summed E-state index contributed by atoms with van der Waals surface area (Å²) in [5.41, 5.74) is -7.50. The fraction of sp³-hybridized carbons (Fsp3) is 0.300. The van der Waals surface area contributed by atoms with Crippen LogP contribution in [0.15, 0.2) is 36.4 Å². The number of rotatable bonds is 2. The number of nitrogen functional groups attached to an aromatic ring is 2. The van der Waals surface area contributed by atoms with Crippen molar-refractivity contribution in [1.82, 2.24) is 0 Å². The van der Waals surface area contributed by atoms with E-state index in [4.69, 9.17) is 11.5 Å². The Balaban J connectivity index is 2.69. The van der Waals surface area contributed by atoms with Crippen molar-refractivity contribution in [2.45, 2.75) is 35.9 Å². The summed E-state index contributed by atoms with van der Waals surface area (Å²) >= 11 is 0. The maximum Gasteiger partial charge on any atom is 0.430 e. The summed E-state index contributed by atoms with van der Waals surface area (Å²) in [5, 5.41) is 16.0. The van der Waals surface area contributed by atoms with Crippen LogP contribution in [0.25, 0.3) is 21.5 Å². The zero-order valence-electron chi connectivity index (χ0n) is 17.0. The zero-order chi connectivity index (χ0) is 27.9. The van der Waals surface area contributed by atoms with Crippen LogP contribution in [0.3, 0.4) is 0 Å². The molecule has 0 bridgehead atoms. The molecule has 0 unspecified atom stereocenters. The second kappa shape index (κ2) is 7.68. The number of nitrogens with two attached hydrogens (primary N) is 2. The first-order valence-corrected chi connectivity index (χ1v) is 9.28. The van der Waals surface area contributed by atoms with Crippen molar-refractivity contribution < 1.29 is 62.9 Å². The summed E-state index contributed by atoms with van der Waals surface area (Å²) in [7, 11) is 0. The van der Waals surface area contributed by atoms with Gasteiger partial charge in [0.2, 0.25) is 0 Å². The van der Waals surface area contributed by atoms with Gasteiger partial charge in [0.25, 0.3) is 11.2 Å². The Hall–Kier alpha value is -3.14. The van der Waals surface area contributed by atoms with Crippen LogP contribution in [-0.2, 0) is 11.2 Å². The molecule has 0 saturated heterocycles. The standard InChI is InChI=1S/C20H12F12N2O2/c21-17(22,23)15(35,18(24,25)26)10-6-5-9-11(14(10)34)7-3-1-2-4-8(7)13(33)12(9)16(36,19(27,28)29)20(30,31)32/h1-6,35-36H,33-34H2. The van der Waals surface area contributed by atoms with Crippen LogP contribution in [0.2, 0.25) is 0 Å². The topological polar surface area (TPSA) is 92.5 Å². The van der Waals surface area contributed by atoms with Crippen molar-refractivity contribution >= 4 is 32.9 Å². The van der Waals surface area contributed by atoms with Gasteiger partial charge in [-0.3, -0.25) is 0 Å². The van der Waals surface area contributed by atoms with Crippen molar-refractivity contribution in [1.29, 1.82) is 0 Å². The maximum atomic E-state index is 13.7. The van der Waals surface area contributed by atoms with Crippen molar-refractivity contribution in [2.75, 3.05) is 11.5 Å². The molecule has 6 N–H and O–H groups in total. The Labute approximate surface area is 191 Å². The highest BCUT2D eigenvalue weighted by Crippen LogP contribution is 2.57. The monoisotopic (exact) mass is 540 g/mol. The molecule has 4 nitrogen and oxygen atoms in total. The molecule has 0 aliphatic rings. The Morgan fingerprint density at radius 2 is 0.917 bits per heavy atom. The Morgan fingerprint density at radius 1 is 0.500 bits per heavy atom. The molecule has 0 aliphatic carbocycles. The normalized spacial score (nSPS) is 14.6. The molecular formula is C20H12F12N2O2. The third-order valence-electron chi connectivity index (χ3n) is 5.66. The fourth-order valence-corrected chi connectivity index (χ4v) is 3.95. The highest BCUT2D eigenvalue weighted by molar-refractivity contribution is 6.19. The number of aliphatic hydroxyl groups is 2. The van der Waals surface area contributed by atoms with Crippen LogP contribution in [0, 0.1) is 0 Å². The van der Waals surface area contributed by atoms with Crippen LogP contribution in [-0.4, -0.2) is 34.9 Å². The average Bonchev–Trinajstić information content (AvgIpc) is 2.70. The van der Waals surface area contributed by atoms with Gasteiger partial charge < -0.3 is 21.7 Å². The lowest BCUT2D eigenvalue weighted by molar-refractivity contribution is -0.376. The van der Waals surface area contributed by atoms with Gasteiger partial charge in [0.15, 0.2) is 0 Å². The van der Waals surface area contributed by atoms with E-state index >= 15 is 0 Å². The first kappa shape index (κ1) is 27.4. The predicted octanol–water partition coefficient (Wildman–Crippen LogP) is 5.78. The summed E-state index contributed by atoms with van der Waals surface area (Å²) in [5.74, 6) is 0. The third kappa shape index (κ3) is 3.48. The molecule has 198 valence electrons. The Bertz CT molecular complexity index is 1310. The molecule has 0 saturated carbocycles. The first-order valence-electron chi connectivity index (χ1n) is 9.28. The van der Waals surface area contributed by atoms with Gasteiger partial charge in [0, 0.05) is 33.3 Å². The minimum Gasteiger partial charge on any atom is -0.398 e. The smallest absolute Gasteiger partial charge is 0.398 e. The molecule has 0 spiro atoms. The number of hydrogen-bond donors (Lipinski definition) is 4. The van der Waals surface area contributed by atoms with Crippen molar-refractivity contribution in [3.05, 3.63) is 47.5 Å². The number of halogens is 12. The number of anilines is 2. The van der Waals surface area contributed by atoms with Gasteiger partial charge in [0.05, 0.1) is 0 Å². The molecule has 0 radical (unpaired) electrons. The number of benzene rings is 3. The molecular weight excluding hydrogens is 528 g/mol. The molecule has 36 heavy (non-hydrogen) atoms. The number of alkyl halides is 12. The summed E-state index contributed by atoms with van der Waals surface area (Å²) < 4.78 is 163. The predicted molar refractivity (Wildman–Crippen MR) is 102 cm³/mol. The van der Waals surface area contributed by atoms with Crippen LogP contribution >= 0.6 is 0 Å². The van der Waals surface area contributed by atoms with Crippen LogP contribution in [0.1, 0.15) is 11.1 Å². The maximum absolute atomic E-state index is 13.7. The summed E-state index contributed by atoms with van der Waals surface area (Å²) in [4.78, 5) is 0. The van der Waals surface area contributed by atoms with Gasteiger partial charge in [0.1, 0.15) is 0 Å². The van der Waals surface area contributed by atoms with E-state index < -0.39 is 80.0 Å². The van der Waals surface area contributed by atoms with Gasteiger partial charge in [-0.1, -0.05) is 36.4 Å². The zero-order valence-corrected chi connectivity index (χ0v) is 17.0. The lowest BCUT2D eigenvalue weighted by atomic mass is 9.81. The van der Waals surface area contributed by atoms with Crippen molar-refractivity contribution in [3.63, 3.8) is 0 Å². The molecule has 16 heteroatoms. The fourth-order valence-electron chi connectivity index (χ4n) is 3.95. The Kier molecular flexibility index (Phi) is 5.85. The Morgan fingerprint density at radius 3 is 1.33 bits per heavy atom. The average molecular weight is 540 g/mol. The quantitative estimate of drug-likeness (QED) is 0.188. The molecule has 3 aromatic carbocycles. The van der Waals surface area contributed by atoms with Gasteiger partial charge in [-0.15, -0.1) is 0 Å². The number of fused-ring (bicyclic) bond motifs is 3. The second-order valence-corrected chi connectivity index (χ2v) is 7.70. The van der Waals surface area contributed by atoms with Crippen molar-refractivity contribution in [2.24, 2.45) is 0 Å². The van der Waals surface area contributed by atoms with Gasteiger partial charge in [-0.05, 0) is 10.8 Å². The van der Waals surface area contributed by atoms with E-state index in [9.17, 15) is 62.9 Å². The van der Waals surface area contributed by atoms with E-state index in [1.165, 1.54) is 0 Å². The lowest BCUT2D eigenvalue weighted by Crippen LogP contribution is -2.54. The molecule has 3 rings (SSSR count). The van der Waals surface area contributed by atoms with E-state index in [0.717, 1.165) is 24.3 Å². The lowest BCUT2D eigenvalue weighted by Gasteiger charge is -2.36. The van der Waals surface area contributed by atoms with Crippen LogP contribution in [0.4, 0.5) is 64.1 Å². The highest BCUT2D eigenvalue weighted by atomic mass is 19.4. The highest BCUT2D eigenvalue weighted by Gasteiger charge is 2.74. The molecule has 0 atom stereocenters. The molecule has 0 heterocycles. The molecule has 0 aromatic heterocycles. The SMILES string of the molecule is Nc1c(C(O)(C(F)(F)F)C(F)(F)F)c2ccc(C(O)(C(F)(F)F)C(F)(F)F)c(N)c2c2ccccc12. The minimum absolute atomic E-state index is 0.00403. The van der Waals surface area contributed by atoms with E-state index in [2.05, 4.69) is 0 Å². The van der Waals surface area contributed by atoms with Gasteiger partial charge >= 0.3 is 24.7 Å². The minimum atomic E-state index is -6.51. The molecule has 3 aromatic rings. The van der Waals surface area contributed by atoms with E-state index in [1.54, 1.807) is 0 Å². The first-order chi connectivity index (χ1) is 16.0. The largest absolute Gasteiger partial charge is 0.430 e. The second-order valence-electron chi connectivity index (χ2n) is 7.70. The molecule has 0 fully saturated rings. The van der Waals surface area contributed by atoms with Crippen LogP contribution in [0.5, 0.6) is 0 Å².